The van der Waals surface area contributed by atoms with E-state index in [0.717, 1.165) is 18.8 Å². The van der Waals surface area contributed by atoms with Crippen LogP contribution in [0, 0.1) is 5.92 Å². The second kappa shape index (κ2) is 4.19. The van der Waals surface area contributed by atoms with Crippen LogP contribution in [0.3, 0.4) is 0 Å². The summed E-state index contributed by atoms with van der Waals surface area (Å²) in [4.78, 5) is 0. The molecular weight excluding hydrogens is 174 g/mol. The molecule has 0 heterocycles. The molecule has 1 aliphatic rings. The summed E-state index contributed by atoms with van der Waals surface area (Å²) in [6.07, 6.45) is 4.82. The molecule has 0 radical (unpaired) electrons. The summed E-state index contributed by atoms with van der Waals surface area (Å²) < 4.78 is 5.80. The van der Waals surface area contributed by atoms with Gasteiger partial charge < -0.3 is 10.5 Å². The van der Waals surface area contributed by atoms with E-state index in [1.807, 2.05) is 0 Å². The molecule has 84 valence electrons. The molecule has 0 saturated heterocycles. The van der Waals surface area contributed by atoms with Crippen molar-refractivity contribution in [3.8, 4) is 0 Å². The van der Waals surface area contributed by atoms with Crippen molar-refractivity contribution >= 4 is 0 Å². The molecule has 1 aliphatic carbocycles. The minimum Gasteiger partial charge on any atom is -0.374 e. The third-order valence-electron chi connectivity index (χ3n) is 2.92. The highest BCUT2D eigenvalue weighted by Gasteiger charge is 2.32. The molecule has 0 aromatic carbocycles. The zero-order valence-corrected chi connectivity index (χ0v) is 10.1. The summed E-state index contributed by atoms with van der Waals surface area (Å²) in [6, 6.07) is 0. The molecule has 0 spiro atoms. The van der Waals surface area contributed by atoms with Crippen molar-refractivity contribution in [2.75, 3.05) is 6.61 Å². The van der Waals surface area contributed by atoms with Crippen molar-refractivity contribution < 1.29 is 4.74 Å². The molecule has 2 nitrogen and oxygen atoms in total. The van der Waals surface area contributed by atoms with Gasteiger partial charge in [0.2, 0.25) is 0 Å². The Bertz CT molecular complexity index is 185. The summed E-state index contributed by atoms with van der Waals surface area (Å²) in [5.74, 6) is 0.761. The van der Waals surface area contributed by atoms with Crippen LogP contribution in [0.2, 0.25) is 0 Å². The van der Waals surface area contributed by atoms with E-state index >= 15 is 0 Å². The highest BCUT2D eigenvalue weighted by molar-refractivity contribution is 4.90. The summed E-state index contributed by atoms with van der Waals surface area (Å²) >= 11 is 0. The summed E-state index contributed by atoms with van der Waals surface area (Å²) in [5.41, 5.74) is 6.20. The van der Waals surface area contributed by atoms with E-state index in [1.165, 1.54) is 12.8 Å². The molecule has 1 fully saturated rings. The molecular formula is C12H25NO. The highest BCUT2D eigenvalue weighted by Crippen LogP contribution is 2.31. The third kappa shape index (κ3) is 3.97. The smallest absolute Gasteiger partial charge is 0.0653 e. The molecule has 1 rings (SSSR count). The van der Waals surface area contributed by atoms with Crippen LogP contribution in [0.5, 0.6) is 0 Å². The summed E-state index contributed by atoms with van der Waals surface area (Å²) in [7, 11) is 0. The van der Waals surface area contributed by atoms with Gasteiger partial charge in [-0.2, -0.15) is 0 Å². The Kier molecular flexibility index (Phi) is 3.59. The molecule has 0 bridgehead atoms. The van der Waals surface area contributed by atoms with Crippen LogP contribution in [-0.2, 0) is 4.74 Å². The van der Waals surface area contributed by atoms with E-state index in [2.05, 4.69) is 27.7 Å². The van der Waals surface area contributed by atoms with Crippen molar-refractivity contribution in [2.45, 2.75) is 64.5 Å². The minimum atomic E-state index is -0.0645. The molecule has 0 aromatic rings. The maximum atomic E-state index is 6.33. The van der Waals surface area contributed by atoms with Gasteiger partial charge in [-0.25, -0.2) is 0 Å². The topological polar surface area (TPSA) is 35.2 Å². The first kappa shape index (κ1) is 12.0. The third-order valence-corrected chi connectivity index (χ3v) is 2.92. The number of ether oxygens (including phenoxy) is 1. The van der Waals surface area contributed by atoms with Gasteiger partial charge in [-0.1, -0.05) is 19.8 Å². The van der Waals surface area contributed by atoms with Gasteiger partial charge in [0.25, 0.3) is 0 Å². The predicted octanol–water partition coefficient (Wildman–Crippen LogP) is 2.71. The molecule has 1 saturated carbocycles. The van der Waals surface area contributed by atoms with Crippen LogP contribution in [0.15, 0.2) is 0 Å². The summed E-state index contributed by atoms with van der Waals surface area (Å²) in [6.45, 7) is 9.26. The van der Waals surface area contributed by atoms with Crippen LogP contribution in [0.25, 0.3) is 0 Å². The fourth-order valence-corrected chi connectivity index (χ4v) is 2.19. The molecule has 2 atom stereocenters. The Balaban J connectivity index is 2.41. The van der Waals surface area contributed by atoms with Gasteiger partial charge in [0.15, 0.2) is 0 Å². The van der Waals surface area contributed by atoms with E-state index in [4.69, 9.17) is 10.5 Å². The Hall–Kier alpha value is -0.0800. The molecule has 2 heteroatoms. The van der Waals surface area contributed by atoms with Crippen molar-refractivity contribution in [2.24, 2.45) is 11.7 Å². The molecule has 14 heavy (non-hydrogen) atoms. The number of hydrogen-bond donors (Lipinski definition) is 1. The average Bonchev–Trinajstić information content (AvgIpc) is 1.99. The Morgan fingerprint density at radius 3 is 2.57 bits per heavy atom. The van der Waals surface area contributed by atoms with Crippen LogP contribution < -0.4 is 5.73 Å². The van der Waals surface area contributed by atoms with Gasteiger partial charge >= 0.3 is 0 Å². The van der Waals surface area contributed by atoms with Gasteiger partial charge in [-0.3, -0.25) is 0 Å². The SMILES string of the molecule is CC1CCCC(N)(COC(C)(C)C)C1. The van der Waals surface area contributed by atoms with E-state index < -0.39 is 0 Å². The van der Waals surface area contributed by atoms with Crippen molar-refractivity contribution in [1.29, 1.82) is 0 Å². The van der Waals surface area contributed by atoms with E-state index in [1.54, 1.807) is 0 Å². The first-order valence-corrected chi connectivity index (χ1v) is 5.74. The standard InChI is InChI=1S/C12H25NO/c1-10-6-5-7-12(13,8-10)9-14-11(2,3)4/h10H,5-9,13H2,1-4H3. The Morgan fingerprint density at radius 2 is 2.07 bits per heavy atom. The first-order valence-electron chi connectivity index (χ1n) is 5.74. The molecule has 2 unspecified atom stereocenters. The maximum absolute atomic E-state index is 6.33. The zero-order valence-electron chi connectivity index (χ0n) is 10.1. The van der Waals surface area contributed by atoms with Gasteiger partial charge in [0.05, 0.1) is 12.2 Å². The predicted molar refractivity (Wildman–Crippen MR) is 60.3 cm³/mol. The van der Waals surface area contributed by atoms with Gasteiger partial charge in [-0.05, 0) is 39.5 Å². The lowest BCUT2D eigenvalue weighted by molar-refractivity contribution is -0.0399. The fraction of sp³-hybridized carbons (Fsp3) is 1.00. The van der Waals surface area contributed by atoms with Crippen molar-refractivity contribution in [3.63, 3.8) is 0 Å². The zero-order chi connectivity index (χ0) is 10.8. The quantitative estimate of drug-likeness (QED) is 0.742. The first-order chi connectivity index (χ1) is 6.31. The lowest BCUT2D eigenvalue weighted by atomic mass is 9.77. The molecule has 0 aliphatic heterocycles. The molecule has 0 aromatic heterocycles. The monoisotopic (exact) mass is 199 g/mol. The fourth-order valence-electron chi connectivity index (χ4n) is 2.19. The number of hydrogen-bond acceptors (Lipinski definition) is 2. The van der Waals surface area contributed by atoms with Crippen LogP contribution in [0.1, 0.15) is 53.4 Å². The largest absolute Gasteiger partial charge is 0.374 e. The Morgan fingerprint density at radius 1 is 1.43 bits per heavy atom. The molecule has 0 amide bonds. The van der Waals surface area contributed by atoms with E-state index in [-0.39, 0.29) is 11.1 Å². The normalized spacial score (nSPS) is 34.5. The molecule has 2 N–H and O–H groups in total. The van der Waals surface area contributed by atoms with Gasteiger partial charge in [0, 0.05) is 5.54 Å². The minimum absolute atomic E-state index is 0.0624. The van der Waals surface area contributed by atoms with E-state index in [9.17, 15) is 0 Å². The van der Waals surface area contributed by atoms with Crippen LogP contribution >= 0.6 is 0 Å². The van der Waals surface area contributed by atoms with Crippen molar-refractivity contribution in [3.05, 3.63) is 0 Å². The maximum Gasteiger partial charge on any atom is 0.0653 e. The lowest BCUT2D eigenvalue weighted by Crippen LogP contribution is -2.49. The van der Waals surface area contributed by atoms with Crippen LogP contribution in [0.4, 0.5) is 0 Å². The van der Waals surface area contributed by atoms with E-state index in [0.29, 0.717) is 6.61 Å². The van der Waals surface area contributed by atoms with Gasteiger partial charge in [0.1, 0.15) is 0 Å². The average molecular weight is 199 g/mol. The lowest BCUT2D eigenvalue weighted by Gasteiger charge is -2.38. The second-order valence-electron chi connectivity index (χ2n) is 5.96. The summed E-state index contributed by atoms with van der Waals surface area (Å²) in [5, 5.41) is 0. The van der Waals surface area contributed by atoms with Gasteiger partial charge in [-0.15, -0.1) is 0 Å². The van der Waals surface area contributed by atoms with Crippen LogP contribution in [-0.4, -0.2) is 17.7 Å². The Labute approximate surface area is 88.2 Å². The second-order valence-corrected chi connectivity index (χ2v) is 5.96. The van der Waals surface area contributed by atoms with Crippen molar-refractivity contribution in [1.82, 2.24) is 0 Å². The highest BCUT2D eigenvalue weighted by atomic mass is 16.5. The number of nitrogens with two attached hydrogens (primary N) is 1. The number of rotatable bonds is 2.